The molecule has 0 saturated heterocycles. The van der Waals surface area contributed by atoms with E-state index in [-0.39, 0.29) is 5.91 Å². The Morgan fingerprint density at radius 2 is 1.88 bits per heavy atom. The Labute approximate surface area is 96.2 Å². The van der Waals surface area contributed by atoms with E-state index in [0.717, 1.165) is 13.0 Å². The zero-order chi connectivity index (χ0) is 13.9. The highest BCUT2D eigenvalue weighted by molar-refractivity contribution is 5.76. The molecule has 0 aliphatic carbocycles. The fourth-order valence-corrected chi connectivity index (χ4v) is 0.524. The maximum Gasteiger partial charge on any atom is 0.430 e. The van der Waals surface area contributed by atoms with E-state index in [0.29, 0.717) is 13.0 Å². The molecule has 0 rings (SSSR count). The molecule has 0 spiro atoms. The minimum atomic E-state index is -5.19. The van der Waals surface area contributed by atoms with Crippen LogP contribution in [0.3, 0.4) is 0 Å². The van der Waals surface area contributed by atoms with Gasteiger partial charge in [-0.3, -0.25) is 4.79 Å². The van der Waals surface area contributed by atoms with Gasteiger partial charge in [-0.25, -0.2) is 0 Å². The van der Waals surface area contributed by atoms with Crippen LogP contribution in [0.4, 0.5) is 13.2 Å². The normalized spacial score (nSPS) is 9.59. The number of amides is 1. The highest BCUT2D eigenvalue weighted by Crippen LogP contribution is 2.11. The molecule has 0 aromatic rings. The fraction of sp³-hybridized carbons (Fsp3) is 0.556. The van der Waals surface area contributed by atoms with Gasteiger partial charge in [0.1, 0.15) is 5.97 Å². The zero-order valence-corrected chi connectivity index (χ0v) is 8.97. The van der Waals surface area contributed by atoms with Crippen LogP contribution in [-0.2, 0) is 9.59 Å². The molecule has 0 aliphatic rings. The molecule has 0 radical (unpaired) electrons. The van der Waals surface area contributed by atoms with Crippen LogP contribution in [0, 0.1) is 12.3 Å². The van der Waals surface area contributed by atoms with E-state index in [4.69, 9.17) is 16.3 Å². The zero-order valence-electron chi connectivity index (χ0n) is 8.97. The summed E-state index contributed by atoms with van der Waals surface area (Å²) in [6.07, 6.45) is 1.10. The molecule has 5 nitrogen and oxygen atoms in total. The maximum absolute atomic E-state index is 10.7. The Bertz CT molecular complexity index is 284. The number of carbonyl (C=O) groups excluding carboxylic acids is 2. The lowest BCUT2D eigenvalue weighted by Crippen LogP contribution is -2.50. The molecule has 0 aromatic heterocycles. The van der Waals surface area contributed by atoms with Crippen molar-refractivity contribution in [2.75, 3.05) is 13.1 Å². The van der Waals surface area contributed by atoms with E-state index in [1.54, 1.807) is 0 Å². The lowest BCUT2D eigenvalue weighted by Gasteiger charge is -2.03. The van der Waals surface area contributed by atoms with Crippen molar-refractivity contribution in [3.8, 4) is 12.3 Å². The second-order valence-corrected chi connectivity index (χ2v) is 2.72. The molecular weight excluding hydrogens is 241 g/mol. The monoisotopic (exact) mass is 254 g/mol. The van der Waals surface area contributed by atoms with Gasteiger partial charge in [0.25, 0.3) is 0 Å². The van der Waals surface area contributed by atoms with Crippen LogP contribution in [-0.4, -0.2) is 31.1 Å². The number of carboxylic acid groups (broad SMARTS) is 1. The second kappa shape index (κ2) is 9.47. The van der Waals surface area contributed by atoms with Gasteiger partial charge in [-0.15, -0.1) is 6.42 Å². The van der Waals surface area contributed by atoms with E-state index >= 15 is 0 Å². The largest absolute Gasteiger partial charge is 0.542 e. The van der Waals surface area contributed by atoms with Crippen molar-refractivity contribution >= 4 is 11.9 Å². The first-order valence-corrected chi connectivity index (χ1v) is 4.53. The number of hydrogen-bond acceptors (Lipinski definition) is 3. The van der Waals surface area contributed by atoms with Gasteiger partial charge in [0.2, 0.25) is 5.91 Å². The minimum absolute atomic E-state index is 0.0154. The maximum atomic E-state index is 10.7. The summed E-state index contributed by atoms with van der Waals surface area (Å²) < 4.78 is 31.5. The molecule has 0 bridgehead atoms. The van der Waals surface area contributed by atoms with Crippen LogP contribution >= 0.6 is 0 Å². The number of nitrogens with one attached hydrogen (secondary N) is 1. The molecule has 0 heterocycles. The van der Waals surface area contributed by atoms with Crippen molar-refractivity contribution in [3.05, 3.63) is 0 Å². The number of alkyl halides is 3. The Hall–Kier alpha value is -1.75. The first-order valence-electron chi connectivity index (χ1n) is 4.53. The van der Waals surface area contributed by atoms with E-state index in [1.807, 2.05) is 0 Å². The first kappa shape index (κ1) is 17.6. The number of halogens is 3. The Morgan fingerprint density at radius 1 is 1.41 bits per heavy atom. The van der Waals surface area contributed by atoms with Gasteiger partial charge in [-0.2, -0.15) is 13.2 Å². The van der Waals surface area contributed by atoms with Crippen molar-refractivity contribution in [2.45, 2.75) is 19.0 Å². The van der Waals surface area contributed by atoms with Crippen LogP contribution < -0.4 is 16.2 Å². The molecule has 0 unspecified atom stereocenters. The lowest BCUT2D eigenvalue weighted by molar-refractivity contribution is -0.368. The molecule has 0 saturated carbocycles. The van der Waals surface area contributed by atoms with E-state index < -0.39 is 12.1 Å². The Balaban J connectivity index is 0. The van der Waals surface area contributed by atoms with Gasteiger partial charge in [-0.1, -0.05) is 5.92 Å². The van der Waals surface area contributed by atoms with E-state index in [1.165, 1.54) is 0 Å². The highest BCUT2D eigenvalue weighted by atomic mass is 19.4. The molecule has 0 aromatic carbocycles. The SMILES string of the molecule is C#CCNC(=O)CCC[NH3+].O=C([O-])C(F)(F)F. The van der Waals surface area contributed by atoms with Gasteiger partial charge < -0.3 is 21.0 Å². The smallest absolute Gasteiger partial charge is 0.430 e. The van der Waals surface area contributed by atoms with Crippen LogP contribution in [0.5, 0.6) is 0 Å². The van der Waals surface area contributed by atoms with Crippen molar-refractivity contribution in [1.29, 1.82) is 0 Å². The average molecular weight is 254 g/mol. The summed E-state index contributed by atoms with van der Waals surface area (Å²) in [5.74, 6) is -0.664. The summed E-state index contributed by atoms with van der Waals surface area (Å²) in [5, 5.41) is 11.3. The highest BCUT2D eigenvalue weighted by Gasteiger charge is 2.28. The summed E-state index contributed by atoms with van der Waals surface area (Å²) in [6, 6.07) is 0. The predicted molar refractivity (Wildman–Crippen MR) is 49.9 cm³/mol. The van der Waals surface area contributed by atoms with Gasteiger partial charge in [0.05, 0.1) is 13.1 Å². The number of hydrogen-bond donors (Lipinski definition) is 2. The molecule has 98 valence electrons. The topological polar surface area (TPSA) is 96.9 Å². The van der Waals surface area contributed by atoms with Crippen molar-refractivity contribution in [2.24, 2.45) is 0 Å². The third kappa shape index (κ3) is 14.2. The third-order valence-corrected chi connectivity index (χ3v) is 1.27. The summed E-state index contributed by atoms with van der Waals surface area (Å²) in [5.41, 5.74) is 3.62. The number of carboxylic acids is 1. The van der Waals surface area contributed by atoms with Gasteiger partial charge in [0, 0.05) is 12.8 Å². The summed E-state index contributed by atoms with van der Waals surface area (Å²) in [4.78, 5) is 19.5. The molecule has 8 heteroatoms. The Kier molecular flexibility index (Phi) is 9.83. The molecule has 4 N–H and O–H groups in total. The second-order valence-electron chi connectivity index (χ2n) is 2.72. The van der Waals surface area contributed by atoms with Crippen molar-refractivity contribution < 1.29 is 33.6 Å². The average Bonchev–Trinajstić information content (AvgIpc) is 2.23. The standard InChI is InChI=1S/C7H12N2O.C2HF3O2/c1-2-6-9-7(10)4-3-5-8;3-2(4,5)1(6)7/h1H,3-6,8H2,(H,9,10);(H,6,7). The number of rotatable bonds is 4. The molecular formula is C9H13F3N2O3. The summed E-state index contributed by atoms with van der Waals surface area (Å²) >= 11 is 0. The predicted octanol–water partition coefficient (Wildman–Crippen LogP) is -1.94. The number of aliphatic carboxylic acids is 1. The van der Waals surface area contributed by atoms with Gasteiger partial charge in [-0.05, 0) is 0 Å². The molecule has 0 aliphatic heterocycles. The fourth-order valence-electron chi connectivity index (χ4n) is 0.524. The quantitative estimate of drug-likeness (QED) is 0.571. The first-order chi connectivity index (χ1) is 7.75. The van der Waals surface area contributed by atoms with Gasteiger partial charge in [0.15, 0.2) is 0 Å². The summed E-state index contributed by atoms with van der Waals surface area (Å²) in [6.45, 7) is 1.12. The number of carbonyl (C=O) groups is 2. The van der Waals surface area contributed by atoms with E-state index in [9.17, 15) is 18.0 Å². The minimum Gasteiger partial charge on any atom is -0.542 e. The van der Waals surface area contributed by atoms with Gasteiger partial charge >= 0.3 is 6.18 Å². The van der Waals surface area contributed by atoms with Crippen molar-refractivity contribution in [3.63, 3.8) is 0 Å². The van der Waals surface area contributed by atoms with Crippen LogP contribution in [0.2, 0.25) is 0 Å². The summed E-state index contributed by atoms with van der Waals surface area (Å²) in [7, 11) is 0. The van der Waals surface area contributed by atoms with Crippen LogP contribution in [0.25, 0.3) is 0 Å². The number of quaternary nitrogens is 1. The lowest BCUT2D eigenvalue weighted by atomic mass is 10.3. The Morgan fingerprint density at radius 3 is 2.18 bits per heavy atom. The number of terminal acetylenes is 1. The molecule has 0 atom stereocenters. The van der Waals surface area contributed by atoms with Crippen molar-refractivity contribution in [1.82, 2.24) is 5.32 Å². The molecule has 1 amide bonds. The molecule has 0 fully saturated rings. The van der Waals surface area contributed by atoms with Crippen LogP contribution in [0.1, 0.15) is 12.8 Å². The van der Waals surface area contributed by atoms with E-state index in [2.05, 4.69) is 17.0 Å². The third-order valence-electron chi connectivity index (χ3n) is 1.27. The molecule has 17 heavy (non-hydrogen) atoms. The van der Waals surface area contributed by atoms with Crippen LogP contribution in [0.15, 0.2) is 0 Å².